The van der Waals surface area contributed by atoms with Gasteiger partial charge < -0.3 is 9.53 Å². The van der Waals surface area contributed by atoms with Crippen LogP contribution in [-0.4, -0.2) is 19.5 Å². The summed E-state index contributed by atoms with van der Waals surface area (Å²) < 4.78 is 5.31. The lowest BCUT2D eigenvalue weighted by molar-refractivity contribution is -0.114. The molecule has 0 N–H and O–H groups in total. The van der Waals surface area contributed by atoms with Crippen molar-refractivity contribution in [1.29, 1.82) is 0 Å². The third kappa shape index (κ3) is 2.29. The fourth-order valence-electron chi connectivity index (χ4n) is 1.64. The van der Waals surface area contributed by atoms with Crippen LogP contribution in [0.15, 0.2) is 0 Å². The molecule has 0 aromatic heterocycles. The average molecular weight is 156 g/mol. The second-order valence-corrected chi connectivity index (χ2v) is 3.19. The van der Waals surface area contributed by atoms with Crippen molar-refractivity contribution in [2.75, 3.05) is 13.2 Å². The zero-order valence-corrected chi connectivity index (χ0v) is 7.08. The summed E-state index contributed by atoms with van der Waals surface area (Å²) in [5, 5.41) is 0. The van der Waals surface area contributed by atoms with Crippen LogP contribution in [0.3, 0.4) is 0 Å². The first-order valence-electron chi connectivity index (χ1n) is 4.41. The lowest BCUT2D eigenvalue weighted by atomic mass is 9.87. The normalized spacial score (nSPS) is 27.9. The fourth-order valence-corrected chi connectivity index (χ4v) is 1.64. The molecule has 0 saturated carbocycles. The van der Waals surface area contributed by atoms with Gasteiger partial charge >= 0.3 is 0 Å². The summed E-state index contributed by atoms with van der Waals surface area (Å²) in [5.41, 5.74) is 0. The minimum atomic E-state index is 0.232. The lowest BCUT2D eigenvalue weighted by Gasteiger charge is -2.25. The molecule has 0 aromatic carbocycles. The second-order valence-electron chi connectivity index (χ2n) is 3.19. The van der Waals surface area contributed by atoms with E-state index in [-0.39, 0.29) is 5.92 Å². The van der Waals surface area contributed by atoms with E-state index in [0.717, 1.165) is 38.8 Å². The summed E-state index contributed by atoms with van der Waals surface area (Å²) in [6.07, 6.45) is 4.32. The summed E-state index contributed by atoms with van der Waals surface area (Å²) in [4.78, 5) is 10.6. The maximum Gasteiger partial charge on any atom is 0.123 e. The van der Waals surface area contributed by atoms with E-state index in [0.29, 0.717) is 5.92 Å². The van der Waals surface area contributed by atoms with Crippen LogP contribution in [-0.2, 0) is 9.53 Å². The number of aldehydes is 1. The first kappa shape index (κ1) is 8.72. The molecule has 0 aromatic rings. The second kappa shape index (κ2) is 4.50. The van der Waals surface area contributed by atoms with Crippen LogP contribution < -0.4 is 0 Å². The van der Waals surface area contributed by atoms with Crippen molar-refractivity contribution in [3.63, 3.8) is 0 Å². The Hall–Kier alpha value is -0.370. The average Bonchev–Trinajstić information content (AvgIpc) is 2.09. The van der Waals surface area contributed by atoms with Gasteiger partial charge in [-0.25, -0.2) is 0 Å². The number of hydrogen-bond donors (Lipinski definition) is 0. The number of hydrogen-bond acceptors (Lipinski definition) is 2. The molecule has 2 nitrogen and oxygen atoms in total. The van der Waals surface area contributed by atoms with E-state index >= 15 is 0 Å². The third-order valence-electron chi connectivity index (χ3n) is 2.45. The van der Waals surface area contributed by atoms with Gasteiger partial charge in [-0.3, -0.25) is 0 Å². The number of carbonyl (C=O) groups excluding carboxylic acids is 1. The molecule has 0 radical (unpaired) electrons. The predicted octanol–water partition coefficient (Wildman–Crippen LogP) is 1.64. The Labute approximate surface area is 67.9 Å². The van der Waals surface area contributed by atoms with E-state index in [1.807, 2.05) is 0 Å². The van der Waals surface area contributed by atoms with Crippen LogP contribution in [0.1, 0.15) is 26.2 Å². The van der Waals surface area contributed by atoms with Crippen molar-refractivity contribution in [2.24, 2.45) is 11.8 Å². The predicted molar refractivity (Wildman–Crippen MR) is 43.4 cm³/mol. The van der Waals surface area contributed by atoms with Crippen LogP contribution in [0, 0.1) is 11.8 Å². The summed E-state index contributed by atoms with van der Waals surface area (Å²) in [5.74, 6) is 0.724. The molecule has 1 aliphatic heterocycles. The smallest absolute Gasteiger partial charge is 0.123 e. The molecule has 1 aliphatic rings. The van der Waals surface area contributed by atoms with Crippen LogP contribution in [0.4, 0.5) is 0 Å². The molecule has 0 bridgehead atoms. The monoisotopic (exact) mass is 156 g/mol. The number of rotatable bonds is 3. The first-order valence-corrected chi connectivity index (χ1v) is 4.41. The molecule has 0 aliphatic carbocycles. The summed E-state index contributed by atoms with van der Waals surface area (Å²) in [7, 11) is 0. The maximum atomic E-state index is 10.6. The standard InChI is InChI=1S/C9H16O2/c1-2-8(6-10)9-4-3-5-11-7-9/h6,8-9H,2-5,7H2,1H3. The van der Waals surface area contributed by atoms with Crippen LogP contribution in [0.2, 0.25) is 0 Å². The number of carbonyl (C=O) groups is 1. The highest BCUT2D eigenvalue weighted by Crippen LogP contribution is 2.22. The molecule has 1 fully saturated rings. The maximum absolute atomic E-state index is 10.6. The van der Waals surface area contributed by atoms with E-state index in [1.54, 1.807) is 0 Å². The van der Waals surface area contributed by atoms with Gasteiger partial charge in [0.15, 0.2) is 0 Å². The molecule has 11 heavy (non-hydrogen) atoms. The van der Waals surface area contributed by atoms with Gasteiger partial charge in [-0.2, -0.15) is 0 Å². The largest absolute Gasteiger partial charge is 0.381 e. The molecule has 0 amide bonds. The highest BCUT2D eigenvalue weighted by atomic mass is 16.5. The SMILES string of the molecule is CCC(C=O)C1CCCOC1. The zero-order chi connectivity index (χ0) is 8.10. The summed E-state index contributed by atoms with van der Waals surface area (Å²) >= 11 is 0. The van der Waals surface area contributed by atoms with E-state index in [4.69, 9.17) is 4.74 Å². The Morgan fingerprint density at radius 1 is 1.73 bits per heavy atom. The topological polar surface area (TPSA) is 26.3 Å². The van der Waals surface area contributed by atoms with Crippen molar-refractivity contribution in [1.82, 2.24) is 0 Å². The van der Waals surface area contributed by atoms with Gasteiger partial charge in [0, 0.05) is 12.5 Å². The van der Waals surface area contributed by atoms with Gasteiger partial charge in [-0.05, 0) is 25.2 Å². The van der Waals surface area contributed by atoms with E-state index in [9.17, 15) is 4.79 Å². The molecule has 2 atom stereocenters. The van der Waals surface area contributed by atoms with Gasteiger partial charge in [0.2, 0.25) is 0 Å². The number of ether oxygens (including phenoxy) is 1. The van der Waals surface area contributed by atoms with Crippen LogP contribution in [0.25, 0.3) is 0 Å². The van der Waals surface area contributed by atoms with E-state index in [1.165, 1.54) is 0 Å². The molecular weight excluding hydrogens is 140 g/mol. The Kier molecular flexibility index (Phi) is 3.57. The minimum Gasteiger partial charge on any atom is -0.381 e. The van der Waals surface area contributed by atoms with Gasteiger partial charge in [0.1, 0.15) is 6.29 Å². The molecule has 2 unspecified atom stereocenters. The molecule has 1 rings (SSSR count). The lowest BCUT2D eigenvalue weighted by Crippen LogP contribution is -2.25. The van der Waals surface area contributed by atoms with Gasteiger partial charge in [0.25, 0.3) is 0 Å². The van der Waals surface area contributed by atoms with E-state index in [2.05, 4.69) is 6.92 Å². The minimum absolute atomic E-state index is 0.232. The van der Waals surface area contributed by atoms with Gasteiger partial charge in [-0.1, -0.05) is 6.92 Å². The highest BCUT2D eigenvalue weighted by Gasteiger charge is 2.21. The molecule has 1 saturated heterocycles. The van der Waals surface area contributed by atoms with Gasteiger partial charge in [-0.15, -0.1) is 0 Å². The molecule has 2 heteroatoms. The summed E-state index contributed by atoms with van der Waals surface area (Å²) in [6.45, 7) is 3.73. The Balaban J connectivity index is 2.35. The van der Waals surface area contributed by atoms with Crippen molar-refractivity contribution in [3.05, 3.63) is 0 Å². The molecule has 0 spiro atoms. The van der Waals surface area contributed by atoms with Crippen molar-refractivity contribution in [3.8, 4) is 0 Å². The Morgan fingerprint density at radius 2 is 2.55 bits per heavy atom. The van der Waals surface area contributed by atoms with Crippen LogP contribution >= 0.6 is 0 Å². The van der Waals surface area contributed by atoms with Gasteiger partial charge in [0.05, 0.1) is 6.61 Å². The quantitative estimate of drug-likeness (QED) is 0.581. The van der Waals surface area contributed by atoms with E-state index < -0.39 is 0 Å². The summed E-state index contributed by atoms with van der Waals surface area (Å²) in [6, 6.07) is 0. The van der Waals surface area contributed by atoms with Crippen molar-refractivity contribution < 1.29 is 9.53 Å². The van der Waals surface area contributed by atoms with Crippen molar-refractivity contribution >= 4 is 6.29 Å². The molecule has 1 heterocycles. The Bertz CT molecular complexity index is 117. The fraction of sp³-hybridized carbons (Fsp3) is 0.889. The zero-order valence-electron chi connectivity index (χ0n) is 7.08. The van der Waals surface area contributed by atoms with Crippen molar-refractivity contribution in [2.45, 2.75) is 26.2 Å². The van der Waals surface area contributed by atoms with Crippen LogP contribution in [0.5, 0.6) is 0 Å². The molecular formula is C9H16O2. The molecule has 64 valence electrons. The first-order chi connectivity index (χ1) is 5.38. The Morgan fingerprint density at radius 3 is 3.00 bits per heavy atom. The highest BCUT2D eigenvalue weighted by molar-refractivity contribution is 5.53. The third-order valence-corrected chi connectivity index (χ3v) is 2.45.